The van der Waals surface area contributed by atoms with Crippen LogP contribution < -0.4 is 10.6 Å². The van der Waals surface area contributed by atoms with E-state index >= 15 is 0 Å². The van der Waals surface area contributed by atoms with Gasteiger partial charge in [0, 0.05) is 5.69 Å². The van der Waals surface area contributed by atoms with E-state index in [9.17, 15) is 19.2 Å². The van der Waals surface area contributed by atoms with Gasteiger partial charge in [-0.3, -0.25) is 14.5 Å². The highest BCUT2D eigenvalue weighted by Crippen LogP contribution is 2.29. The Morgan fingerprint density at radius 1 is 1.03 bits per heavy atom. The maximum Gasteiger partial charge on any atom is 0.416 e. The molecule has 2 aromatic rings. The summed E-state index contributed by atoms with van der Waals surface area (Å²) < 4.78 is 10.2. The minimum Gasteiger partial charge on any atom is -0.481 e. The number of ether oxygens (including phenoxy) is 2. The lowest BCUT2D eigenvalue weighted by molar-refractivity contribution is -0.152. The van der Waals surface area contributed by atoms with Crippen molar-refractivity contribution in [1.82, 2.24) is 0 Å². The van der Waals surface area contributed by atoms with Crippen molar-refractivity contribution in [2.24, 2.45) is 5.73 Å². The van der Waals surface area contributed by atoms with Gasteiger partial charge in [-0.15, -0.1) is 0 Å². The van der Waals surface area contributed by atoms with E-state index in [0.29, 0.717) is 5.56 Å². The number of ketones is 1. The molecule has 2 atom stereocenters. The molecule has 0 bridgehead atoms. The molecule has 2 aromatic carbocycles. The summed E-state index contributed by atoms with van der Waals surface area (Å²) in [5, 5.41) is 9.02. The number of benzene rings is 2. The van der Waals surface area contributed by atoms with Gasteiger partial charge in [0.05, 0.1) is 19.6 Å². The second kappa shape index (κ2) is 10.4. The Morgan fingerprint density at radius 2 is 1.58 bits per heavy atom. The summed E-state index contributed by atoms with van der Waals surface area (Å²) in [4.78, 5) is 50.9. The number of carbonyl (C=O) groups excluding carboxylic acids is 3. The standard InChI is InChI=1S/C22H24N2O7/c1-22(20(28)30-2,19(27)17(23)13-18(25)26)24(16-11-7-4-8-12-16)21(29)31-14-15-9-5-3-6-10-15/h3-12,17H,13-14,23H2,1-2H3,(H,25,26)/t17-,22+/m0/s1. The first kappa shape index (κ1) is 23.6. The number of anilines is 1. The molecule has 0 spiro atoms. The highest BCUT2D eigenvalue weighted by Gasteiger charge is 2.53. The Hall–Kier alpha value is -3.72. The molecule has 0 heterocycles. The monoisotopic (exact) mass is 428 g/mol. The van der Waals surface area contributed by atoms with E-state index in [2.05, 4.69) is 0 Å². The molecule has 0 unspecified atom stereocenters. The SMILES string of the molecule is COC(=O)[C@@](C)(C(=O)[C@@H](N)CC(=O)O)N(C(=O)OCc1ccccc1)c1ccccc1. The van der Waals surface area contributed by atoms with E-state index < -0.39 is 41.8 Å². The van der Waals surface area contributed by atoms with Gasteiger partial charge in [-0.05, 0) is 24.6 Å². The van der Waals surface area contributed by atoms with Gasteiger partial charge in [-0.25, -0.2) is 9.59 Å². The first-order chi connectivity index (χ1) is 14.7. The molecule has 3 N–H and O–H groups in total. The summed E-state index contributed by atoms with van der Waals surface area (Å²) in [6, 6.07) is 15.2. The fraction of sp³-hybridized carbons (Fsp3) is 0.273. The number of hydrogen-bond acceptors (Lipinski definition) is 7. The maximum absolute atomic E-state index is 13.2. The number of carboxylic acid groups (broad SMARTS) is 1. The van der Waals surface area contributed by atoms with Gasteiger partial charge < -0.3 is 20.3 Å². The van der Waals surface area contributed by atoms with Crippen molar-refractivity contribution >= 4 is 29.5 Å². The molecule has 0 radical (unpaired) electrons. The van der Waals surface area contributed by atoms with Gasteiger partial charge in [0.25, 0.3) is 0 Å². The molecule has 2 rings (SSSR count). The highest BCUT2D eigenvalue weighted by atomic mass is 16.6. The number of para-hydroxylation sites is 1. The zero-order valence-electron chi connectivity index (χ0n) is 17.2. The summed E-state index contributed by atoms with van der Waals surface area (Å²) in [6.07, 6.45) is -1.73. The predicted molar refractivity (Wildman–Crippen MR) is 111 cm³/mol. The van der Waals surface area contributed by atoms with Crippen LogP contribution in [-0.4, -0.2) is 47.6 Å². The average molecular weight is 428 g/mol. The first-order valence-corrected chi connectivity index (χ1v) is 9.37. The summed E-state index contributed by atoms with van der Waals surface area (Å²) >= 11 is 0. The van der Waals surface area contributed by atoms with E-state index in [0.717, 1.165) is 18.9 Å². The predicted octanol–water partition coefficient (Wildman–Crippen LogP) is 2.13. The second-order valence-corrected chi connectivity index (χ2v) is 6.84. The zero-order chi connectivity index (χ0) is 23.0. The Kier molecular flexibility index (Phi) is 7.87. The van der Waals surface area contributed by atoms with Crippen molar-refractivity contribution in [1.29, 1.82) is 0 Å². The summed E-state index contributed by atoms with van der Waals surface area (Å²) in [5.41, 5.74) is 4.36. The molecule has 0 fully saturated rings. The van der Waals surface area contributed by atoms with Crippen LogP contribution in [0.4, 0.5) is 10.5 Å². The number of esters is 1. The lowest BCUT2D eigenvalue weighted by Crippen LogP contribution is -2.65. The van der Waals surface area contributed by atoms with Gasteiger partial charge >= 0.3 is 18.0 Å². The Balaban J connectivity index is 2.49. The molecule has 0 aliphatic rings. The molecule has 1 amide bonds. The Bertz CT molecular complexity index is 933. The minimum absolute atomic E-state index is 0.115. The first-order valence-electron chi connectivity index (χ1n) is 9.37. The van der Waals surface area contributed by atoms with Gasteiger partial charge in [0.1, 0.15) is 6.61 Å². The molecule has 0 aromatic heterocycles. The maximum atomic E-state index is 13.2. The van der Waals surface area contributed by atoms with Crippen LogP contribution in [0, 0.1) is 0 Å². The summed E-state index contributed by atoms with van der Waals surface area (Å²) in [5.74, 6) is -3.41. The number of carbonyl (C=O) groups is 4. The third kappa shape index (κ3) is 5.46. The van der Waals surface area contributed by atoms with Crippen molar-refractivity contribution in [2.45, 2.75) is 31.5 Å². The van der Waals surface area contributed by atoms with Crippen molar-refractivity contribution in [3.8, 4) is 0 Å². The van der Waals surface area contributed by atoms with Crippen LogP contribution in [0.1, 0.15) is 18.9 Å². The lowest BCUT2D eigenvalue weighted by atomic mass is 9.88. The number of amides is 1. The smallest absolute Gasteiger partial charge is 0.416 e. The number of nitrogens with zero attached hydrogens (tertiary/aromatic N) is 1. The third-order valence-electron chi connectivity index (χ3n) is 4.64. The molecule has 0 aliphatic heterocycles. The van der Waals surface area contributed by atoms with Crippen molar-refractivity contribution < 1.29 is 33.8 Å². The van der Waals surface area contributed by atoms with Crippen LogP contribution in [0.2, 0.25) is 0 Å². The highest BCUT2D eigenvalue weighted by molar-refractivity contribution is 6.18. The van der Waals surface area contributed by atoms with E-state index in [1.165, 1.54) is 12.1 Å². The second-order valence-electron chi connectivity index (χ2n) is 6.84. The van der Waals surface area contributed by atoms with Crippen LogP contribution >= 0.6 is 0 Å². The fourth-order valence-corrected chi connectivity index (χ4v) is 3.05. The normalized spacial score (nSPS) is 13.4. The van der Waals surface area contributed by atoms with Crippen molar-refractivity contribution in [2.75, 3.05) is 12.0 Å². The summed E-state index contributed by atoms with van der Waals surface area (Å²) in [6.45, 7) is 1.04. The number of methoxy groups -OCH3 is 1. The van der Waals surface area contributed by atoms with E-state index in [-0.39, 0.29) is 12.3 Å². The topological polar surface area (TPSA) is 136 Å². The van der Waals surface area contributed by atoms with Gasteiger partial charge in [-0.2, -0.15) is 0 Å². The molecule has 0 saturated carbocycles. The molecular formula is C22H24N2O7. The third-order valence-corrected chi connectivity index (χ3v) is 4.64. The van der Waals surface area contributed by atoms with Gasteiger partial charge in [-0.1, -0.05) is 48.5 Å². The molecule has 9 nitrogen and oxygen atoms in total. The van der Waals surface area contributed by atoms with Crippen molar-refractivity contribution in [3.63, 3.8) is 0 Å². The molecular weight excluding hydrogens is 404 g/mol. The van der Waals surface area contributed by atoms with Crippen LogP contribution in [0.5, 0.6) is 0 Å². The van der Waals surface area contributed by atoms with Crippen LogP contribution in [-0.2, 0) is 30.5 Å². The zero-order valence-corrected chi connectivity index (χ0v) is 17.2. The van der Waals surface area contributed by atoms with Crippen molar-refractivity contribution in [3.05, 3.63) is 66.2 Å². The number of carboxylic acids is 1. The van der Waals surface area contributed by atoms with Crippen LogP contribution in [0.3, 0.4) is 0 Å². The fourth-order valence-electron chi connectivity index (χ4n) is 3.05. The summed E-state index contributed by atoms with van der Waals surface area (Å²) in [7, 11) is 1.05. The lowest BCUT2D eigenvalue weighted by Gasteiger charge is -2.37. The van der Waals surface area contributed by atoms with Gasteiger partial charge in [0.2, 0.25) is 5.54 Å². The molecule has 164 valence electrons. The minimum atomic E-state index is -2.27. The Labute approximate surface area is 179 Å². The molecule has 9 heteroatoms. The van der Waals surface area contributed by atoms with Gasteiger partial charge in [0.15, 0.2) is 5.78 Å². The van der Waals surface area contributed by atoms with Crippen LogP contribution in [0.15, 0.2) is 60.7 Å². The number of rotatable bonds is 9. The number of aliphatic carboxylic acids is 1. The van der Waals surface area contributed by atoms with E-state index in [4.69, 9.17) is 20.3 Å². The number of nitrogens with two attached hydrogens (primary N) is 1. The quantitative estimate of drug-likeness (QED) is 0.458. The molecule has 31 heavy (non-hydrogen) atoms. The van der Waals surface area contributed by atoms with Crippen LogP contribution in [0.25, 0.3) is 0 Å². The Morgan fingerprint density at radius 3 is 2.10 bits per heavy atom. The average Bonchev–Trinajstić information content (AvgIpc) is 2.77. The van der Waals surface area contributed by atoms with E-state index in [1.54, 1.807) is 48.5 Å². The number of Topliss-reactive ketones (excluding diaryl/α,β-unsaturated/α-hetero) is 1. The molecule has 0 aliphatic carbocycles. The molecule has 0 saturated heterocycles. The number of hydrogen-bond donors (Lipinski definition) is 2. The largest absolute Gasteiger partial charge is 0.481 e. The van der Waals surface area contributed by atoms with E-state index in [1.807, 2.05) is 0 Å².